The van der Waals surface area contributed by atoms with Crippen LogP contribution >= 0.6 is 0 Å². The van der Waals surface area contributed by atoms with E-state index in [0.29, 0.717) is 35.4 Å². The van der Waals surface area contributed by atoms with E-state index >= 15 is 0 Å². The van der Waals surface area contributed by atoms with Gasteiger partial charge in [0.25, 0.3) is 0 Å². The van der Waals surface area contributed by atoms with Gasteiger partial charge in [-0.25, -0.2) is 9.97 Å². The first kappa shape index (κ1) is 20.3. The van der Waals surface area contributed by atoms with Crippen LogP contribution in [0.15, 0.2) is 18.5 Å². The summed E-state index contributed by atoms with van der Waals surface area (Å²) >= 11 is 0. The average molecular weight is 438 g/mol. The minimum atomic E-state index is 0.366. The molecule has 2 aromatic rings. The molecule has 4 aliphatic rings. The third-order valence-electron chi connectivity index (χ3n) is 8.72. The zero-order chi connectivity index (χ0) is 21.7. The highest BCUT2D eigenvalue weighted by molar-refractivity contribution is 5.54. The van der Waals surface area contributed by atoms with Gasteiger partial charge >= 0.3 is 0 Å². The van der Waals surface area contributed by atoms with E-state index in [4.69, 9.17) is 0 Å². The second-order valence-electron chi connectivity index (χ2n) is 10.4. The average Bonchev–Trinajstić information content (AvgIpc) is 3.52. The maximum Gasteiger partial charge on any atom is 0.225 e. The molecule has 2 N–H and O–H groups in total. The van der Waals surface area contributed by atoms with E-state index in [0.717, 1.165) is 62.8 Å². The number of hydrogen-bond donors (Lipinski definition) is 2. The summed E-state index contributed by atoms with van der Waals surface area (Å²) < 4.78 is 1.86. The highest BCUT2D eigenvalue weighted by Gasteiger charge is 2.44. The molecule has 2 saturated carbocycles. The Bertz CT molecular complexity index is 919. The first-order valence-electron chi connectivity index (χ1n) is 12.6. The van der Waals surface area contributed by atoms with E-state index in [1.807, 2.05) is 23.0 Å². The molecule has 172 valence electrons. The standard InChI is InChI=1S/C25H35N5O2/c31-23-21-17-6-7-18(14-17)22(21)24(32)30(23)16-20-5-2-1-4-19(20)15-28-10-12-29(13-11-28)25-26-8-3-9-27-25/h3,8-9,17-20,31-32H,1-2,4-7,10-16H2. The third kappa shape index (κ3) is 3.45. The summed E-state index contributed by atoms with van der Waals surface area (Å²) in [5, 5.41) is 22.0. The predicted molar refractivity (Wildman–Crippen MR) is 123 cm³/mol. The highest BCUT2D eigenvalue weighted by atomic mass is 16.3. The molecule has 4 unspecified atom stereocenters. The van der Waals surface area contributed by atoms with Crippen molar-refractivity contribution >= 4 is 5.95 Å². The van der Waals surface area contributed by atoms with Gasteiger partial charge in [0.2, 0.25) is 5.95 Å². The van der Waals surface area contributed by atoms with Gasteiger partial charge in [-0.1, -0.05) is 12.8 Å². The fraction of sp³-hybridized carbons (Fsp3) is 0.680. The fourth-order valence-corrected chi connectivity index (χ4v) is 7.03. The fourth-order valence-electron chi connectivity index (χ4n) is 7.03. The molecular formula is C25H35N5O2. The Morgan fingerprint density at radius 3 is 2.00 bits per heavy atom. The van der Waals surface area contributed by atoms with Crippen LogP contribution in [0.25, 0.3) is 0 Å². The summed E-state index contributed by atoms with van der Waals surface area (Å²) in [6, 6.07) is 1.86. The SMILES string of the molecule is Oc1c2c(c(O)n1CC1CCCCC1CN1CCN(c3ncccn3)CC1)C1CCC2C1. The van der Waals surface area contributed by atoms with Crippen LogP contribution in [0.3, 0.4) is 0 Å². The molecule has 0 radical (unpaired) electrons. The smallest absolute Gasteiger partial charge is 0.225 e. The van der Waals surface area contributed by atoms with Crippen molar-refractivity contribution < 1.29 is 10.2 Å². The van der Waals surface area contributed by atoms with E-state index in [9.17, 15) is 10.2 Å². The van der Waals surface area contributed by atoms with Gasteiger partial charge in [0.1, 0.15) is 0 Å². The summed E-state index contributed by atoms with van der Waals surface area (Å²) in [4.78, 5) is 13.7. The second kappa shape index (κ2) is 8.25. The molecule has 2 bridgehead atoms. The molecule has 7 nitrogen and oxygen atoms in total. The number of fused-ring (bicyclic) bond motifs is 5. The molecule has 3 aliphatic carbocycles. The Labute approximate surface area is 190 Å². The van der Waals surface area contributed by atoms with Crippen LogP contribution < -0.4 is 4.90 Å². The maximum atomic E-state index is 11.0. The zero-order valence-electron chi connectivity index (χ0n) is 18.9. The monoisotopic (exact) mass is 437 g/mol. The van der Waals surface area contributed by atoms with Crippen LogP contribution in [0.2, 0.25) is 0 Å². The maximum absolute atomic E-state index is 11.0. The predicted octanol–water partition coefficient (Wildman–Crippen LogP) is 3.68. The number of aromatic hydroxyl groups is 2. The van der Waals surface area contributed by atoms with E-state index in [1.165, 1.54) is 38.5 Å². The molecule has 0 amide bonds. The first-order chi connectivity index (χ1) is 15.7. The Hall–Kier alpha value is -2.28. The molecule has 6 rings (SSSR count). The summed E-state index contributed by atoms with van der Waals surface area (Å²) in [6.45, 7) is 5.89. The number of anilines is 1. The summed E-state index contributed by atoms with van der Waals surface area (Å²) in [5.74, 6) is 3.64. The molecule has 0 aromatic carbocycles. The number of aromatic nitrogens is 3. The Kier molecular flexibility index (Phi) is 5.24. The lowest BCUT2D eigenvalue weighted by atomic mass is 9.78. The van der Waals surface area contributed by atoms with Crippen molar-refractivity contribution in [2.75, 3.05) is 37.6 Å². The topological polar surface area (TPSA) is 77.7 Å². The van der Waals surface area contributed by atoms with E-state index < -0.39 is 0 Å². The molecule has 1 aliphatic heterocycles. The summed E-state index contributed by atoms with van der Waals surface area (Å²) in [5.41, 5.74) is 2.15. The van der Waals surface area contributed by atoms with Crippen molar-refractivity contribution in [3.63, 3.8) is 0 Å². The van der Waals surface area contributed by atoms with Crippen molar-refractivity contribution in [1.29, 1.82) is 0 Å². The molecule has 0 spiro atoms. The van der Waals surface area contributed by atoms with Gasteiger partial charge in [-0.15, -0.1) is 0 Å². The van der Waals surface area contributed by atoms with E-state index in [2.05, 4.69) is 19.8 Å². The molecule has 4 atom stereocenters. The Morgan fingerprint density at radius 1 is 0.781 bits per heavy atom. The van der Waals surface area contributed by atoms with Crippen molar-refractivity contribution in [1.82, 2.24) is 19.4 Å². The number of nitrogens with zero attached hydrogens (tertiary/aromatic N) is 5. The number of rotatable bonds is 5. The number of piperazine rings is 1. The van der Waals surface area contributed by atoms with Gasteiger partial charge in [0.05, 0.1) is 0 Å². The van der Waals surface area contributed by atoms with Crippen molar-refractivity contribution in [3.05, 3.63) is 29.6 Å². The summed E-state index contributed by atoms with van der Waals surface area (Å²) in [6.07, 6.45) is 12.1. The van der Waals surface area contributed by atoms with Crippen LogP contribution in [0.4, 0.5) is 5.95 Å². The van der Waals surface area contributed by atoms with Gasteiger partial charge in [0, 0.05) is 62.8 Å². The lowest BCUT2D eigenvalue weighted by Crippen LogP contribution is -2.49. The Morgan fingerprint density at radius 2 is 1.38 bits per heavy atom. The Balaban J connectivity index is 1.12. The first-order valence-corrected chi connectivity index (χ1v) is 12.6. The zero-order valence-corrected chi connectivity index (χ0v) is 18.9. The van der Waals surface area contributed by atoms with Crippen molar-refractivity contribution in [2.45, 2.75) is 63.3 Å². The normalized spacial score (nSPS) is 30.1. The highest BCUT2D eigenvalue weighted by Crippen LogP contribution is 2.60. The van der Waals surface area contributed by atoms with Gasteiger partial charge in [-0.05, 0) is 61.8 Å². The van der Waals surface area contributed by atoms with Gasteiger partial charge < -0.3 is 15.1 Å². The quantitative estimate of drug-likeness (QED) is 0.743. The van der Waals surface area contributed by atoms with Crippen LogP contribution in [0, 0.1) is 11.8 Å². The van der Waals surface area contributed by atoms with Gasteiger partial charge in [0.15, 0.2) is 11.8 Å². The number of hydrogen-bond acceptors (Lipinski definition) is 6. The van der Waals surface area contributed by atoms with E-state index in [-0.39, 0.29) is 0 Å². The van der Waals surface area contributed by atoms with E-state index in [1.54, 1.807) is 0 Å². The van der Waals surface area contributed by atoms with Crippen LogP contribution in [-0.2, 0) is 6.54 Å². The molecule has 1 saturated heterocycles. The largest absolute Gasteiger partial charge is 0.494 e. The lowest BCUT2D eigenvalue weighted by Gasteiger charge is -2.40. The molecule has 7 heteroatoms. The minimum absolute atomic E-state index is 0.366. The van der Waals surface area contributed by atoms with Crippen LogP contribution in [0.1, 0.15) is 67.9 Å². The molecule has 3 fully saturated rings. The van der Waals surface area contributed by atoms with Crippen molar-refractivity contribution in [3.8, 4) is 11.8 Å². The van der Waals surface area contributed by atoms with Crippen molar-refractivity contribution in [2.24, 2.45) is 11.8 Å². The van der Waals surface area contributed by atoms with Gasteiger partial charge in [-0.3, -0.25) is 9.47 Å². The lowest BCUT2D eigenvalue weighted by molar-refractivity contribution is 0.130. The van der Waals surface area contributed by atoms with Crippen LogP contribution in [0.5, 0.6) is 11.8 Å². The second-order valence-corrected chi connectivity index (χ2v) is 10.4. The molecule has 2 aromatic heterocycles. The molecule has 32 heavy (non-hydrogen) atoms. The molecular weight excluding hydrogens is 402 g/mol. The third-order valence-corrected chi connectivity index (χ3v) is 8.72. The van der Waals surface area contributed by atoms with Gasteiger partial charge in [-0.2, -0.15) is 0 Å². The molecule has 3 heterocycles. The summed E-state index contributed by atoms with van der Waals surface area (Å²) in [7, 11) is 0. The van der Waals surface area contributed by atoms with Crippen LogP contribution in [-0.4, -0.2) is 62.4 Å². The minimum Gasteiger partial charge on any atom is -0.494 e.